The van der Waals surface area contributed by atoms with Crippen molar-refractivity contribution in [3.8, 4) is 0 Å². The van der Waals surface area contributed by atoms with Crippen molar-refractivity contribution in [3.63, 3.8) is 0 Å². The van der Waals surface area contributed by atoms with Gasteiger partial charge in [0, 0.05) is 19.6 Å². The first kappa shape index (κ1) is 21.0. The van der Waals surface area contributed by atoms with Crippen LogP contribution in [0.25, 0.3) is 0 Å². The number of carbonyl (C=O) groups excluding carboxylic acids is 1. The van der Waals surface area contributed by atoms with Crippen LogP contribution in [-0.4, -0.2) is 47.1 Å². The number of ether oxygens (including phenoxy) is 1. The maximum absolute atomic E-state index is 11.9. The fourth-order valence-electron chi connectivity index (χ4n) is 3.96. The highest BCUT2D eigenvalue weighted by atomic mass is 16.6. The molecule has 0 saturated carbocycles. The Kier molecular flexibility index (Phi) is 7.37. The first-order chi connectivity index (χ1) is 14.1. The molecule has 3 rings (SSSR count). The maximum atomic E-state index is 11.9. The molecule has 1 saturated heterocycles. The van der Waals surface area contributed by atoms with Crippen LogP contribution in [0.4, 0.5) is 17.3 Å². The number of esters is 1. The predicted molar refractivity (Wildman–Crippen MR) is 110 cm³/mol. The Bertz CT molecular complexity index is 759. The van der Waals surface area contributed by atoms with Crippen LogP contribution in [0.1, 0.15) is 51.9 Å². The van der Waals surface area contributed by atoms with Gasteiger partial charge in [0.25, 0.3) is 0 Å². The van der Waals surface area contributed by atoms with Gasteiger partial charge in [-0.25, -0.2) is 9.97 Å². The molecule has 0 unspecified atom stereocenters. The molecule has 0 bridgehead atoms. The number of allylic oxidation sites excluding steroid dienone is 1. The summed E-state index contributed by atoms with van der Waals surface area (Å²) < 4.78 is 5.09. The van der Waals surface area contributed by atoms with Gasteiger partial charge in [-0.2, -0.15) is 0 Å². The van der Waals surface area contributed by atoms with Crippen molar-refractivity contribution in [1.29, 1.82) is 0 Å². The van der Waals surface area contributed by atoms with Crippen LogP contribution >= 0.6 is 0 Å². The molecule has 9 nitrogen and oxygen atoms in total. The lowest BCUT2D eigenvalue weighted by atomic mass is 9.97. The van der Waals surface area contributed by atoms with E-state index in [-0.39, 0.29) is 23.4 Å². The van der Waals surface area contributed by atoms with Gasteiger partial charge in [0.1, 0.15) is 6.33 Å². The summed E-state index contributed by atoms with van der Waals surface area (Å²) >= 11 is 0. The van der Waals surface area contributed by atoms with Crippen LogP contribution in [-0.2, 0) is 9.53 Å². The number of anilines is 2. The van der Waals surface area contributed by atoms with E-state index in [2.05, 4.69) is 21.4 Å². The molecule has 2 heterocycles. The summed E-state index contributed by atoms with van der Waals surface area (Å²) in [4.78, 5) is 33.5. The second-order valence-electron chi connectivity index (χ2n) is 7.45. The quantitative estimate of drug-likeness (QED) is 0.304. The van der Waals surface area contributed by atoms with Crippen molar-refractivity contribution >= 4 is 23.3 Å². The summed E-state index contributed by atoms with van der Waals surface area (Å²) in [6.45, 7) is 3.80. The highest BCUT2D eigenvalue weighted by molar-refractivity contribution is 5.74. The number of nitrogens with zero attached hydrogens (tertiary/aromatic N) is 4. The molecule has 0 aromatic carbocycles. The second-order valence-corrected chi connectivity index (χ2v) is 7.45. The molecule has 1 aliphatic heterocycles. The average Bonchev–Trinajstić information content (AvgIpc) is 2.74. The van der Waals surface area contributed by atoms with E-state index in [9.17, 15) is 14.9 Å². The van der Waals surface area contributed by atoms with Gasteiger partial charge in [-0.05, 0) is 51.9 Å². The molecule has 9 heteroatoms. The summed E-state index contributed by atoms with van der Waals surface area (Å²) in [5.74, 6) is 0.216. The van der Waals surface area contributed by atoms with Gasteiger partial charge < -0.3 is 15.0 Å². The number of hydrogen-bond acceptors (Lipinski definition) is 8. The van der Waals surface area contributed by atoms with E-state index in [4.69, 9.17) is 4.74 Å². The SMILES string of the molecule is CCOC(=O)C1CCN(c2ncnc(NCCC3=CCCCC3)c2[N+](=O)[O-])CC1. The molecule has 158 valence electrons. The monoisotopic (exact) mass is 403 g/mol. The fraction of sp³-hybridized carbons (Fsp3) is 0.650. The molecule has 0 amide bonds. The van der Waals surface area contributed by atoms with Crippen molar-refractivity contribution in [1.82, 2.24) is 9.97 Å². The highest BCUT2D eigenvalue weighted by Gasteiger charge is 2.32. The van der Waals surface area contributed by atoms with E-state index in [1.54, 1.807) is 6.92 Å². The van der Waals surface area contributed by atoms with E-state index < -0.39 is 4.92 Å². The van der Waals surface area contributed by atoms with Crippen molar-refractivity contribution < 1.29 is 14.5 Å². The van der Waals surface area contributed by atoms with Gasteiger partial charge in [-0.3, -0.25) is 14.9 Å². The number of carbonyl (C=O) groups is 1. The third kappa shape index (κ3) is 5.42. The van der Waals surface area contributed by atoms with Crippen LogP contribution in [0, 0.1) is 16.0 Å². The van der Waals surface area contributed by atoms with Gasteiger partial charge in [0.2, 0.25) is 11.6 Å². The van der Waals surface area contributed by atoms with E-state index in [1.807, 2.05) is 4.90 Å². The summed E-state index contributed by atoms with van der Waals surface area (Å²) in [5.41, 5.74) is 1.31. The first-order valence-electron chi connectivity index (χ1n) is 10.4. The van der Waals surface area contributed by atoms with Gasteiger partial charge in [-0.1, -0.05) is 11.6 Å². The largest absolute Gasteiger partial charge is 0.466 e. The highest BCUT2D eigenvalue weighted by Crippen LogP contribution is 2.34. The predicted octanol–water partition coefficient (Wildman–Crippen LogP) is 3.47. The van der Waals surface area contributed by atoms with Crippen molar-refractivity contribution in [2.75, 3.05) is 36.5 Å². The number of nitrogens with one attached hydrogen (secondary N) is 1. The average molecular weight is 403 g/mol. The molecule has 1 fully saturated rings. The molecule has 2 aliphatic rings. The molecular formula is C20H29N5O4. The standard InChI is InChI=1S/C20H29N5O4/c1-2-29-20(26)16-9-12-24(13-10-16)19-17(25(27)28)18(22-14-23-19)21-11-8-15-6-4-3-5-7-15/h6,14,16H,2-5,7-13H2,1H3,(H,21,22,23). The Morgan fingerprint density at radius 2 is 2.14 bits per heavy atom. The van der Waals surface area contributed by atoms with Crippen molar-refractivity contribution in [3.05, 3.63) is 28.1 Å². The van der Waals surface area contributed by atoms with E-state index in [1.165, 1.54) is 24.7 Å². The Hall–Kier alpha value is -2.71. The number of rotatable bonds is 8. The molecular weight excluding hydrogens is 374 g/mol. The maximum Gasteiger partial charge on any atom is 0.353 e. The molecule has 1 N–H and O–H groups in total. The number of nitro groups is 1. The lowest BCUT2D eigenvalue weighted by molar-refractivity contribution is -0.383. The molecule has 1 aliphatic carbocycles. The summed E-state index contributed by atoms with van der Waals surface area (Å²) in [6.07, 6.45) is 10.4. The third-order valence-corrected chi connectivity index (χ3v) is 5.52. The molecule has 1 aromatic heterocycles. The molecule has 0 spiro atoms. The zero-order valence-electron chi connectivity index (χ0n) is 16.9. The van der Waals surface area contributed by atoms with Gasteiger partial charge in [0.15, 0.2) is 0 Å². The molecule has 29 heavy (non-hydrogen) atoms. The van der Waals surface area contributed by atoms with E-state index in [0.717, 1.165) is 19.3 Å². The zero-order valence-corrected chi connectivity index (χ0v) is 16.9. The van der Waals surface area contributed by atoms with E-state index >= 15 is 0 Å². The normalized spacial score (nSPS) is 17.6. The van der Waals surface area contributed by atoms with E-state index in [0.29, 0.717) is 44.9 Å². The third-order valence-electron chi connectivity index (χ3n) is 5.52. The first-order valence-corrected chi connectivity index (χ1v) is 10.4. The number of piperidine rings is 1. The topological polar surface area (TPSA) is 110 Å². The van der Waals surface area contributed by atoms with Crippen molar-refractivity contribution in [2.45, 2.75) is 51.9 Å². The lowest BCUT2D eigenvalue weighted by Gasteiger charge is -2.31. The number of hydrogen-bond donors (Lipinski definition) is 1. The summed E-state index contributed by atoms with van der Waals surface area (Å²) in [6, 6.07) is 0. The second kappa shape index (κ2) is 10.2. The van der Waals surface area contributed by atoms with Crippen LogP contribution in [0.15, 0.2) is 18.0 Å². The summed E-state index contributed by atoms with van der Waals surface area (Å²) in [7, 11) is 0. The van der Waals surface area contributed by atoms with Gasteiger partial charge in [-0.15, -0.1) is 0 Å². The Morgan fingerprint density at radius 1 is 1.34 bits per heavy atom. The van der Waals surface area contributed by atoms with Gasteiger partial charge in [0.05, 0.1) is 17.4 Å². The Morgan fingerprint density at radius 3 is 2.79 bits per heavy atom. The smallest absolute Gasteiger partial charge is 0.353 e. The van der Waals surface area contributed by atoms with Gasteiger partial charge >= 0.3 is 11.7 Å². The van der Waals surface area contributed by atoms with Crippen LogP contribution in [0.2, 0.25) is 0 Å². The molecule has 0 radical (unpaired) electrons. The number of aromatic nitrogens is 2. The zero-order chi connectivity index (χ0) is 20.6. The Balaban J connectivity index is 1.66. The Labute approximate surface area is 170 Å². The minimum Gasteiger partial charge on any atom is -0.466 e. The summed E-state index contributed by atoms with van der Waals surface area (Å²) in [5, 5.41) is 14.9. The minimum atomic E-state index is -0.422. The minimum absolute atomic E-state index is 0.0975. The molecule has 1 aromatic rings. The van der Waals surface area contributed by atoms with Crippen LogP contribution in [0.3, 0.4) is 0 Å². The fourth-order valence-corrected chi connectivity index (χ4v) is 3.96. The van der Waals surface area contributed by atoms with Crippen LogP contribution in [0.5, 0.6) is 0 Å². The molecule has 0 atom stereocenters. The van der Waals surface area contributed by atoms with Crippen LogP contribution < -0.4 is 10.2 Å². The van der Waals surface area contributed by atoms with Crippen molar-refractivity contribution in [2.24, 2.45) is 5.92 Å². The lowest BCUT2D eigenvalue weighted by Crippen LogP contribution is -2.37.